The van der Waals surface area contributed by atoms with Crippen LogP contribution in [0.4, 0.5) is 4.39 Å². The van der Waals surface area contributed by atoms with E-state index in [9.17, 15) is 0 Å². The van der Waals surface area contributed by atoms with Gasteiger partial charge >= 0.3 is 0 Å². The Morgan fingerprint density at radius 2 is 1.62 bits per heavy atom. The number of rotatable bonds is 2. The highest BCUT2D eigenvalue weighted by Crippen LogP contribution is 2.30. The van der Waals surface area contributed by atoms with Crippen LogP contribution >= 0.6 is 0 Å². The minimum absolute atomic E-state index is 0.149. The maximum atomic E-state index is 15.1. The summed E-state index contributed by atoms with van der Waals surface area (Å²) in [5.41, 5.74) is 3.34. The molecule has 2 heterocycles. The van der Waals surface area contributed by atoms with E-state index in [1.54, 1.807) is 24.7 Å². The smallest absolute Gasteiger partial charge is 0.198 e. The average Bonchev–Trinajstić information content (AvgIpc) is 3.06. The summed E-state index contributed by atoms with van der Waals surface area (Å²) >= 11 is 0. The monoisotopic (exact) mass is 346 g/mol. The molecular formula is C21H19FN4. The Labute approximate surface area is 151 Å². The van der Waals surface area contributed by atoms with Gasteiger partial charge in [0.15, 0.2) is 11.3 Å². The molecule has 0 saturated heterocycles. The largest absolute Gasteiger partial charge is 0.309 e. The standard InChI is InChI=1S/C21H19FN4/c1-21(2,3)26-13-24-19-20(26)23-12-17(25-19)16-11-7-10-15(18(16)22)14-8-5-4-6-9-14/h4-13H,1-3H3. The molecule has 2 aromatic heterocycles. The first-order chi connectivity index (χ1) is 12.4. The van der Waals surface area contributed by atoms with Gasteiger partial charge in [0.05, 0.1) is 18.2 Å². The zero-order valence-electron chi connectivity index (χ0n) is 14.9. The average molecular weight is 346 g/mol. The van der Waals surface area contributed by atoms with Crippen molar-refractivity contribution in [3.8, 4) is 22.4 Å². The van der Waals surface area contributed by atoms with Crippen LogP contribution in [0.2, 0.25) is 0 Å². The Bertz CT molecular complexity index is 1080. The first kappa shape index (κ1) is 16.4. The highest BCUT2D eigenvalue weighted by atomic mass is 19.1. The van der Waals surface area contributed by atoms with E-state index in [1.165, 1.54) is 0 Å². The summed E-state index contributed by atoms with van der Waals surface area (Å²) in [6.07, 6.45) is 3.34. The van der Waals surface area contributed by atoms with Crippen molar-refractivity contribution in [1.29, 1.82) is 0 Å². The predicted octanol–water partition coefficient (Wildman–Crippen LogP) is 5.05. The highest BCUT2D eigenvalue weighted by molar-refractivity contribution is 5.75. The third-order valence-electron chi connectivity index (χ3n) is 4.34. The predicted molar refractivity (Wildman–Crippen MR) is 101 cm³/mol. The molecule has 0 atom stereocenters. The molecule has 26 heavy (non-hydrogen) atoms. The first-order valence-corrected chi connectivity index (χ1v) is 8.50. The van der Waals surface area contributed by atoms with Crippen LogP contribution in [0.5, 0.6) is 0 Å². The Morgan fingerprint density at radius 1 is 0.885 bits per heavy atom. The van der Waals surface area contributed by atoms with Gasteiger partial charge in [0.1, 0.15) is 5.82 Å². The molecule has 0 fully saturated rings. The molecule has 4 nitrogen and oxygen atoms in total. The van der Waals surface area contributed by atoms with E-state index >= 15 is 4.39 Å². The lowest BCUT2D eigenvalue weighted by molar-refractivity contribution is 0.406. The van der Waals surface area contributed by atoms with E-state index in [2.05, 4.69) is 35.7 Å². The zero-order valence-corrected chi connectivity index (χ0v) is 14.9. The summed E-state index contributed by atoms with van der Waals surface area (Å²) in [5, 5.41) is 0. The molecule has 130 valence electrons. The van der Waals surface area contributed by atoms with Crippen LogP contribution in [0.25, 0.3) is 33.7 Å². The van der Waals surface area contributed by atoms with Crippen molar-refractivity contribution in [3.05, 3.63) is 66.9 Å². The quantitative estimate of drug-likeness (QED) is 0.510. The minimum atomic E-state index is -0.303. The van der Waals surface area contributed by atoms with Crippen LogP contribution in [0, 0.1) is 5.82 Å². The molecule has 0 aliphatic heterocycles. The van der Waals surface area contributed by atoms with Crippen molar-refractivity contribution in [1.82, 2.24) is 19.5 Å². The molecule has 0 aliphatic rings. The molecule has 0 N–H and O–H groups in total. The molecule has 0 bridgehead atoms. The third kappa shape index (κ3) is 2.75. The van der Waals surface area contributed by atoms with Crippen molar-refractivity contribution < 1.29 is 4.39 Å². The van der Waals surface area contributed by atoms with Crippen molar-refractivity contribution in [2.75, 3.05) is 0 Å². The lowest BCUT2D eigenvalue weighted by atomic mass is 10.0. The lowest BCUT2D eigenvalue weighted by Gasteiger charge is -2.20. The number of fused-ring (bicyclic) bond motifs is 1. The summed E-state index contributed by atoms with van der Waals surface area (Å²) in [6.45, 7) is 6.23. The van der Waals surface area contributed by atoms with Gasteiger partial charge in [-0.1, -0.05) is 42.5 Å². The van der Waals surface area contributed by atoms with Crippen LogP contribution in [0.3, 0.4) is 0 Å². The second kappa shape index (κ2) is 6.02. The molecule has 0 unspecified atom stereocenters. The molecule has 0 spiro atoms. The van der Waals surface area contributed by atoms with Crippen LogP contribution in [0.15, 0.2) is 61.1 Å². The minimum Gasteiger partial charge on any atom is -0.309 e. The van der Waals surface area contributed by atoms with Crippen LogP contribution < -0.4 is 0 Å². The van der Waals surface area contributed by atoms with Crippen molar-refractivity contribution in [3.63, 3.8) is 0 Å². The topological polar surface area (TPSA) is 43.6 Å². The fourth-order valence-corrected chi connectivity index (χ4v) is 2.99. The van der Waals surface area contributed by atoms with E-state index in [0.717, 1.165) is 5.56 Å². The van der Waals surface area contributed by atoms with Crippen molar-refractivity contribution in [2.45, 2.75) is 26.3 Å². The van der Waals surface area contributed by atoms with E-state index in [-0.39, 0.29) is 11.4 Å². The number of benzene rings is 2. The van der Waals surface area contributed by atoms with Crippen LogP contribution in [-0.4, -0.2) is 19.5 Å². The Hall–Kier alpha value is -3.08. The molecule has 4 aromatic rings. The fourth-order valence-electron chi connectivity index (χ4n) is 2.99. The number of halogens is 1. The van der Waals surface area contributed by atoms with Gasteiger partial charge in [0.25, 0.3) is 0 Å². The van der Waals surface area contributed by atoms with Crippen LogP contribution in [-0.2, 0) is 5.54 Å². The van der Waals surface area contributed by atoms with E-state index in [4.69, 9.17) is 0 Å². The molecule has 4 rings (SSSR count). The summed E-state index contributed by atoms with van der Waals surface area (Å²) in [6, 6.07) is 14.8. The summed E-state index contributed by atoms with van der Waals surface area (Å²) < 4.78 is 17.1. The van der Waals surface area contributed by atoms with Gasteiger partial charge in [-0.2, -0.15) is 0 Å². The fraction of sp³-hybridized carbons (Fsp3) is 0.190. The second-order valence-corrected chi connectivity index (χ2v) is 7.22. The summed E-state index contributed by atoms with van der Waals surface area (Å²) in [5.74, 6) is -0.303. The van der Waals surface area contributed by atoms with E-state index in [0.29, 0.717) is 28.1 Å². The zero-order chi connectivity index (χ0) is 18.3. The molecule has 0 saturated carbocycles. The summed E-state index contributed by atoms with van der Waals surface area (Å²) in [4.78, 5) is 13.4. The van der Waals surface area contributed by atoms with Gasteiger partial charge in [-0.25, -0.2) is 19.3 Å². The number of imidazole rings is 1. The van der Waals surface area contributed by atoms with Gasteiger partial charge < -0.3 is 4.57 Å². The molecule has 5 heteroatoms. The number of aromatic nitrogens is 4. The number of hydrogen-bond acceptors (Lipinski definition) is 3. The molecule has 0 radical (unpaired) electrons. The molecule has 0 amide bonds. The number of hydrogen-bond donors (Lipinski definition) is 0. The van der Waals surface area contributed by atoms with Crippen molar-refractivity contribution >= 4 is 11.3 Å². The van der Waals surface area contributed by atoms with Gasteiger partial charge in [0.2, 0.25) is 0 Å². The second-order valence-electron chi connectivity index (χ2n) is 7.22. The van der Waals surface area contributed by atoms with Crippen LogP contribution in [0.1, 0.15) is 20.8 Å². The number of nitrogens with zero attached hydrogens (tertiary/aromatic N) is 4. The van der Waals surface area contributed by atoms with Crippen molar-refractivity contribution in [2.24, 2.45) is 0 Å². The van der Waals surface area contributed by atoms with E-state index in [1.807, 2.05) is 41.0 Å². The third-order valence-corrected chi connectivity index (χ3v) is 4.34. The maximum Gasteiger partial charge on any atom is 0.198 e. The lowest BCUT2D eigenvalue weighted by Crippen LogP contribution is -2.21. The van der Waals surface area contributed by atoms with Gasteiger partial charge in [-0.05, 0) is 32.4 Å². The Morgan fingerprint density at radius 3 is 2.35 bits per heavy atom. The normalized spacial score (nSPS) is 11.8. The summed E-state index contributed by atoms with van der Waals surface area (Å²) in [7, 11) is 0. The van der Waals surface area contributed by atoms with Gasteiger partial charge in [0, 0.05) is 16.7 Å². The Kier molecular flexibility index (Phi) is 3.80. The van der Waals surface area contributed by atoms with Gasteiger partial charge in [-0.3, -0.25) is 0 Å². The SMILES string of the molecule is CC(C)(C)n1cnc2nc(-c3cccc(-c4ccccc4)c3F)cnc21. The first-order valence-electron chi connectivity index (χ1n) is 8.50. The Balaban J connectivity index is 1.84. The molecule has 2 aromatic carbocycles. The maximum absolute atomic E-state index is 15.1. The highest BCUT2D eigenvalue weighted by Gasteiger charge is 2.19. The van der Waals surface area contributed by atoms with Gasteiger partial charge in [-0.15, -0.1) is 0 Å². The molecular weight excluding hydrogens is 327 g/mol. The van der Waals surface area contributed by atoms with E-state index < -0.39 is 0 Å². The molecule has 0 aliphatic carbocycles.